The summed E-state index contributed by atoms with van der Waals surface area (Å²) in [6.07, 6.45) is 0.921. The van der Waals surface area contributed by atoms with Crippen LogP contribution in [0.1, 0.15) is 18.2 Å². The van der Waals surface area contributed by atoms with Crippen molar-refractivity contribution in [2.75, 3.05) is 0 Å². The normalized spacial score (nSPS) is 10.1. The van der Waals surface area contributed by atoms with Crippen LogP contribution in [0.5, 0.6) is 0 Å². The van der Waals surface area contributed by atoms with Crippen LogP contribution in [0.3, 0.4) is 0 Å². The van der Waals surface area contributed by atoms with E-state index in [1.807, 2.05) is 31.2 Å². The van der Waals surface area contributed by atoms with Crippen molar-refractivity contribution in [2.45, 2.75) is 19.8 Å². The lowest BCUT2D eigenvalue weighted by Gasteiger charge is -1.98. The average Bonchev–Trinajstić information content (AvgIpc) is 2.56. The fourth-order valence-electron chi connectivity index (χ4n) is 1.91. The minimum absolute atomic E-state index is 0. The molecule has 0 saturated heterocycles. The summed E-state index contributed by atoms with van der Waals surface area (Å²) >= 11 is 0. The molecular formula is C12H14ClNO2. The first-order chi connectivity index (χ1) is 7.22. The Labute approximate surface area is 99.9 Å². The van der Waals surface area contributed by atoms with E-state index in [1.54, 1.807) is 0 Å². The number of carboxylic acid groups (broad SMARTS) is 1. The van der Waals surface area contributed by atoms with Gasteiger partial charge in [-0.05, 0) is 18.1 Å². The summed E-state index contributed by atoms with van der Waals surface area (Å²) in [5.74, 6) is -0.783. The molecule has 2 rings (SSSR count). The molecule has 1 aromatic carbocycles. The molecule has 0 amide bonds. The first-order valence-corrected chi connectivity index (χ1v) is 5.02. The topological polar surface area (TPSA) is 53.1 Å². The summed E-state index contributed by atoms with van der Waals surface area (Å²) in [7, 11) is 0. The number of hydrogen-bond donors (Lipinski definition) is 2. The summed E-state index contributed by atoms with van der Waals surface area (Å²) in [5.41, 5.74) is 2.96. The second kappa shape index (κ2) is 5.03. The number of carboxylic acids is 1. The molecule has 0 unspecified atom stereocenters. The Hall–Kier alpha value is -1.48. The van der Waals surface area contributed by atoms with Crippen LogP contribution in [0.2, 0.25) is 0 Å². The largest absolute Gasteiger partial charge is 0.481 e. The first-order valence-electron chi connectivity index (χ1n) is 5.02. The number of aromatic nitrogens is 1. The Morgan fingerprint density at radius 3 is 2.69 bits per heavy atom. The Bertz CT molecular complexity index is 505. The SMILES string of the molecule is CCc1[nH]c2ccccc2c1CC(=O)O.Cl. The number of hydrogen-bond acceptors (Lipinski definition) is 1. The number of H-pyrrole nitrogens is 1. The van der Waals surface area contributed by atoms with Gasteiger partial charge < -0.3 is 10.1 Å². The van der Waals surface area contributed by atoms with Gasteiger partial charge in [0.25, 0.3) is 0 Å². The number of rotatable bonds is 3. The zero-order valence-electron chi connectivity index (χ0n) is 8.99. The Morgan fingerprint density at radius 2 is 2.06 bits per heavy atom. The lowest BCUT2D eigenvalue weighted by molar-refractivity contribution is -0.136. The van der Waals surface area contributed by atoms with Gasteiger partial charge in [-0.2, -0.15) is 0 Å². The predicted molar refractivity (Wildman–Crippen MR) is 66.3 cm³/mol. The molecule has 0 bridgehead atoms. The third kappa shape index (κ3) is 2.19. The van der Waals surface area contributed by atoms with E-state index < -0.39 is 5.97 Å². The lowest BCUT2D eigenvalue weighted by Crippen LogP contribution is -2.01. The minimum Gasteiger partial charge on any atom is -0.481 e. The molecule has 1 heterocycles. The van der Waals surface area contributed by atoms with Crippen LogP contribution >= 0.6 is 12.4 Å². The fraction of sp³-hybridized carbons (Fsp3) is 0.250. The van der Waals surface area contributed by atoms with Crippen LogP contribution in [0.15, 0.2) is 24.3 Å². The quantitative estimate of drug-likeness (QED) is 0.865. The number of aliphatic carboxylic acids is 1. The van der Waals surface area contributed by atoms with E-state index in [2.05, 4.69) is 4.98 Å². The highest BCUT2D eigenvalue weighted by Gasteiger charge is 2.12. The molecule has 2 aromatic rings. The van der Waals surface area contributed by atoms with Crippen molar-refractivity contribution in [3.63, 3.8) is 0 Å². The number of aryl methyl sites for hydroxylation is 1. The van der Waals surface area contributed by atoms with Crippen LogP contribution in [-0.2, 0) is 17.6 Å². The van der Waals surface area contributed by atoms with E-state index >= 15 is 0 Å². The maximum absolute atomic E-state index is 10.8. The molecule has 16 heavy (non-hydrogen) atoms. The van der Waals surface area contributed by atoms with Crippen LogP contribution in [0, 0.1) is 0 Å². The molecule has 1 aromatic heterocycles. The molecular weight excluding hydrogens is 226 g/mol. The molecule has 0 fully saturated rings. The highest BCUT2D eigenvalue weighted by Crippen LogP contribution is 2.23. The third-order valence-electron chi connectivity index (χ3n) is 2.58. The van der Waals surface area contributed by atoms with Crippen molar-refractivity contribution in [1.82, 2.24) is 4.98 Å². The van der Waals surface area contributed by atoms with Gasteiger partial charge in [-0.1, -0.05) is 25.1 Å². The van der Waals surface area contributed by atoms with Gasteiger partial charge in [0.15, 0.2) is 0 Å². The van der Waals surface area contributed by atoms with Gasteiger partial charge in [0.05, 0.1) is 6.42 Å². The molecule has 0 radical (unpaired) electrons. The van der Waals surface area contributed by atoms with E-state index in [9.17, 15) is 4.79 Å². The molecule has 0 aliphatic rings. The number of aromatic amines is 1. The smallest absolute Gasteiger partial charge is 0.307 e. The van der Waals surface area contributed by atoms with Crippen molar-refractivity contribution in [3.8, 4) is 0 Å². The standard InChI is InChI=1S/C12H13NO2.ClH/c1-2-10-9(7-12(14)15)8-5-3-4-6-11(8)13-10;/h3-6,13H,2,7H2,1H3,(H,14,15);1H. The van der Waals surface area contributed by atoms with Gasteiger partial charge in [0.2, 0.25) is 0 Å². The van der Waals surface area contributed by atoms with Crippen LogP contribution < -0.4 is 0 Å². The number of halogens is 1. The Balaban J connectivity index is 0.00000128. The number of para-hydroxylation sites is 1. The summed E-state index contributed by atoms with van der Waals surface area (Å²) in [4.78, 5) is 14.0. The molecule has 3 nitrogen and oxygen atoms in total. The maximum Gasteiger partial charge on any atom is 0.307 e. The molecule has 86 valence electrons. The van der Waals surface area contributed by atoms with Crippen molar-refractivity contribution >= 4 is 29.3 Å². The monoisotopic (exact) mass is 239 g/mol. The second-order valence-corrected chi connectivity index (χ2v) is 3.55. The van der Waals surface area contributed by atoms with Crippen LogP contribution in [0.4, 0.5) is 0 Å². The van der Waals surface area contributed by atoms with Gasteiger partial charge >= 0.3 is 5.97 Å². The predicted octanol–water partition coefficient (Wildman–Crippen LogP) is 2.78. The van der Waals surface area contributed by atoms with Crippen LogP contribution in [-0.4, -0.2) is 16.1 Å². The number of benzene rings is 1. The van der Waals surface area contributed by atoms with Crippen molar-refractivity contribution in [2.24, 2.45) is 0 Å². The number of carbonyl (C=O) groups is 1. The van der Waals surface area contributed by atoms with E-state index in [-0.39, 0.29) is 18.8 Å². The van der Waals surface area contributed by atoms with E-state index in [1.165, 1.54) is 0 Å². The first kappa shape index (κ1) is 12.6. The maximum atomic E-state index is 10.8. The summed E-state index contributed by atoms with van der Waals surface area (Å²) in [5, 5.41) is 9.88. The Kier molecular flexibility index (Phi) is 3.96. The fourth-order valence-corrected chi connectivity index (χ4v) is 1.91. The van der Waals surface area contributed by atoms with Gasteiger partial charge in [-0.3, -0.25) is 4.79 Å². The summed E-state index contributed by atoms with van der Waals surface area (Å²) < 4.78 is 0. The molecule has 2 N–H and O–H groups in total. The van der Waals surface area contributed by atoms with Crippen molar-refractivity contribution < 1.29 is 9.90 Å². The van der Waals surface area contributed by atoms with Crippen molar-refractivity contribution in [3.05, 3.63) is 35.5 Å². The molecule has 0 aliphatic carbocycles. The van der Waals surface area contributed by atoms with Crippen LogP contribution in [0.25, 0.3) is 10.9 Å². The molecule has 0 aliphatic heterocycles. The van der Waals surface area contributed by atoms with E-state index in [0.29, 0.717) is 0 Å². The number of nitrogens with one attached hydrogen (secondary N) is 1. The van der Waals surface area contributed by atoms with Gasteiger partial charge in [0.1, 0.15) is 0 Å². The highest BCUT2D eigenvalue weighted by atomic mass is 35.5. The number of fused-ring (bicyclic) bond motifs is 1. The van der Waals surface area contributed by atoms with Gasteiger partial charge in [-0.25, -0.2) is 0 Å². The minimum atomic E-state index is -0.783. The molecule has 0 spiro atoms. The highest BCUT2D eigenvalue weighted by molar-refractivity contribution is 5.88. The Morgan fingerprint density at radius 1 is 1.38 bits per heavy atom. The second-order valence-electron chi connectivity index (χ2n) is 3.55. The summed E-state index contributed by atoms with van der Waals surface area (Å²) in [6.45, 7) is 2.02. The average molecular weight is 240 g/mol. The van der Waals surface area contributed by atoms with Crippen molar-refractivity contribution in [1.29, 1.82) is 0 Å². The third-order valence-corrected chi connectivity index (χ3v) is 2.58. The zero-order valence-corrected chi connectivity index (χ0v) is 9.80. The van der Waals surface area contributed by atoms with E-state index in [0.717, 1.165) is 28.6 Å². The van der Waals surface area contributed by atoms with Gasteiger partial charge in [0, 0.05) is 16.6 Å². The lowest BCUT2D eigenvalue weighted by atomic mass is 10.1. The summed E-state index contributed by atoms with van der Waals surface area (Å²) in [6, 6.07) is 7.81. The van der Waals surface area contributed by atoms with Gasteiger partial charge in [-0.15, -0.1) is 12.4 Å². The zero-order chi connectivity index (χ0) is 10.8. The molecule has 0 atom stereocenters. The molecule has 0 saturated carbocycles. The molecule has 4 heteroatoms. The van der Waals surface area contributed by atoms with E-state index in [4.69, 9.17) is 5.11 Å².